The van der Waals surface area contributed by atoms with Crippen molar-refractivity contribution in [2.24, 2.45) is 11.0 Å². The maximum Gasteiger partial charge on any atom is 0.334 e. The fourth-order valence-corrected chi connectivity index (χ4v) is 1.54. The smallest absolute Gasteiger partial charge is 0.334 e. The van der Waals surface area contributed by atoms with E-state index in [4.69, 9.17) is 0 Å². The summed E-state index contributed by atoms with van der Waals surface area (Å²) in [6.45, 7) is 0. The fraction of sp³-hybridized carbons (Fsp3) is 0.778. The van der Waals surface area contributed by atoms with Gasteiger partial charge in [-0.3, -0.25) is 0 Å². The van der Waals surface area contributed by atoms with E-state index in [1.54, 1.807) is 7.05 Å². The van der Waals surface area contributed by atoms with Gasteiger partial charge in [0.15, 0.2) is 0 Å². The van der Waals surface area contributed by atoms with Gasteiger partial charge in [-0.15, -0.1) is 0 Å². The summed E-state index contributed by atoms with van der Waals surface area (Å²) in [7, 11) is 1.57. The summed E-state index contributed by atoms with van der Waals surface area (Å²) < 4.78 is 0. The van der Waals surface area contributed by atoms with E-state index in [-0.39, 0.29) is 6.03 Å². The van der Waals surface area contributed by atoms with E-state index >= 15 is 0 Å². The minimum atomic E-state index is -0.257. The Morgan fingerprint density at radius 1 is 1.38 bits per heavy atom. The number of hydrazone groups is 1. The number of carbonyl (C=O) groups excluding carboxylic acids is 1. The zero-order valence-electron chi connectivity index (χ0n) is 8.05. The Labute approximate surface area is 78.8 Å². The molecule has 1 aliphatic carbocycles. The number of hydrogen-bond donors (Lipinski definition) is 2. The Kier molecular flexibility index (Phi) is 4.29. The van der Waals surface area contributed by atoms with Crippen LogP contribution in [0.5, 0.6) is 0 Å². The molecule has 1 fully saturated rings. The molecule has 0 unspecified atom stereocenters. The third-order valence-electron chi connectivity index (χ3n) is 2.33. The normalized spacial score (nSPS) is 18.8. The molecule has 1 rings (SSSR count). The lowest BCUT2D eigenvalue weighted by Crippen LogP contribution is -2.29. The first-order chi connectivity index (χ1) is 6.33. The van der Waals surface area contributed by atoms with Crippen LogP contribution < -0.4 is 10.7 Å². The monoisotopic (exact) mass is 183 g/mol. The van der Waals surface area contributed by atoms with Crippen LogP contribution in [0.2, 0.25) is 0 Å². The number of urea groups is 1. The van der Waals surface area contributed by atoms with Crippen LogP contribution in [0.15, 0.2) is 5.10 Å². The molecule has 0 aliphatic heterocycles. The third-order valence-corrected chi connectivity index (χ3v) is 2.33. The highest BCUT2D eigenvalue weighted by Crippen LogP contribution is 2.21. The number of nitrogens with zero attached hydrogens (tertiary/aromatic N) is 1. The molecule has 0 aromatic heterocycles. The molecular weight excluding hydrogens is 166 g/mol. The Bertz CT molecular complexity index is 185. The van der Waals surface area contributed by atoms with Crippen LogP contribution in [-0.4, -0.2) is 19.3 Å². The molecule has 13 heavy (non-hydrogen) atoms. The SMILES string of the molecule is CNC(=O)N/N=C/C1CCCCC1. The van der Waals surface area contributed by atoms with Gasteiger partial charge in [0.1, 0.15) is 0 Å². The van der Waals surface area contributed by atoms with Crippen LogP contribution in [0, 0.1) is 5.92 Å². The lowest BCUT2D eigenvalue weighted by atomic mass is 9.90. The van der Waals surface area contributed by atoms with Crippen LogP contribution in [0.25, 0.3) is 0 Å². The van der Waals surface area contributed by atoms with Gasteiger partial charge in [-0.2, -0.15) is 5.10 Å². The molecule has 2 N–H and O–H groups in total. The topological polar surface area (TPSA) is 53.5 Å². The molecule has 0 aromatic carbocycles. The molecule has 0 atom stereocenters. The second-order valence-corrected chi connectivity index (χ2v) is 3.37. The summed E-state index contributed by atoms with van der Waals surface area (Å²) in [6, 6.07) is -0.257. The summed E-state index contributed by atoms with van der Waals surface area (Å²) in [5, 5.41) is 6.32. The first kappa shape index (κ1) is 10.0. The van der Waals surface area contributed by atoms with Gasteiger partial charge in [0.05, 0.1) is 0 Å². The van der Waals surface area contributed by atoms with Gasteiger partial charge in [0.25, 0.3) is 0 Å². The van der Waals surface area contributed by atoms with Crippen molar-refractivity contribution in [2.45, 2.75) is 32.1 Å². The van der Waals surface area contributed by atoms with E-state index in [1.165, 1.54) is 32.1 Å². The van der Waals surface area contributed by atoms with Crippen molar-refractivity contribution in [1.82, 2.24) is 10.7 Å². The van der Waals surface area contributed by atoms with Gasteiger partial charge in [-0.25, -0.2) is 10.2 Å². The van der Waals surface area contributed by atoms with Gasteiger partial charge in [0.2, 0.25) is 0 Å². The van der Waals surface area contributed by atoms with Crippen molar-refractivity contribution in [1.29, 1.82) is 0 Å². The average molecular weight is 183 g/mol. The highest BCUT2D eigenvalue weighted by Gasteiger charge is 2.10. The van der Waals surface area contributed by atoms with Crippen molar-refractivity contribution >= 4 is 12.2 Å². The Hall–Kier alpha value is -1.06. The molecule has 0 radical (unpaired) electrons. The van der Waals surface area contributed by atoms with Crippen LogP contribution in [0.1, 0.15) is 32.1 Å². The van der Waals surface area contributed by atoms with E-state index in [1.807, 2.05) is 6.21 Å². The van der Waals surface area contributed by atoms with E-state index in [0.29, 0.717) is 5.92 Å². The molecule has 0 spiro atoms. The largest absolute Gasteiger partial charge is 0.340 e. The highest BCUT2D eigenvalue weighted by molar-refractivity contribution is 5.74. The first-order valence-corrected chi connectivity index (χ1v) is 4.84. The van der Waals surface area contributed by atoms with Gasteiger partial charge in [0, 0.05) is 13.3 Å². The maximum absolute atomic E-state index is 10.7. The van der Waals surface area contributed by atoms with Crippen LogP contribution in [0.4, 0.5) is 4.79 Å². The zero-order chi connectivity index (χ0) is 9.52. The van der Waals surface area contributed by atoms with E-state index in [9.17, 15) is 4.79 Å². The first-order valence-electron chi connectivity index (χ1n) is 4.84. The van der Waals surface area contributed by atoms with Crippen LogP contribution in [-0.2, 0) is 0 Å². The van der Waals surface area contributed by atoms with Gasteiger partial charge >= 0.3 is 6.03 Å². The minimum absolute atomic E-state index is 0.257. The number of amides is 2. The number of nitrogens with one attached hydrogen (secondary N) is 2. The summed E-state index contributed by atoms with van der Waals surface area (Å²) in [5.41, 5.74) is 2.40. The molecule has 0 aromatic rings. The molecule has 0 bridgehead atoms. The number of rotatable bonds is 2. The Balaban J connectivity index is 2.18. The quantitative estimate of drug-likeness (QED) is 0.494. The predicted molar refractivity (Wildman–Crippen MR) is 52.7 cm³/mol. The van der Waals surface area contributed by atoms with Crippen molar-refractivity contribution in [3.05, 3.63) is 0 Å². The van der Waals surface area contributed by atoms with Crippen LogP contribution in [0.3, 0.4) is 0 Å². The van der Waals surface area contributed by atoms with Crippen molar-refractivity contribution < 1.29 is 4.79 Å². The minimum Gasteiger partial charge on any atom is -0.340 e. The third kappa shape index (κ3) is 3.92. The van der Waals surface area contributed by atoms with E-state index in [2.05, 4.69) is 15.8 Å². The molecule has 2 amide bonds. The standard InChI is InChI=1S/C9H17N3O/c1-10-9(13)12-11-7-8-5-3-2-4-6-8/h7-8H,2-6H2,1H3,(H2,10,12,13)/b11-7+. The summed E-state index contributed by atoms with van der Waals surface area (Å²) >= 11 is 0. The van der Waals surface area contributed by atoms with Gasteiger partial charge in [-0.1, -0.05) is 19.3 Å². The highest BCUT2D eigenvalue weighted by atomic mass is 16.2. The van der Waals surface area contributed by atoms with Crippen molar-refractivity contribution in [3.8, 4) is 0 Å². The molecule has 4 heteroatoms. The lowest BCUT2D eigenvalue weighted by molar-refractivity contribution is 0.243. The lowest BCUT2D eigenvalue weighted by Gasteiger charge is -2.16. The number of hydrogen-bond acceptors (Lipinski definition) is 2. The van der Waals surface area contributed by atoms with Gasteiger partial charge < -0.3 is 5.32 Å². The summed E-state index contributed by atoms with van der Waals surface area (Å²) in [6.07, 6.45) is 8.19. The molecule has 74 valence electrons. The van der Waals surface area contributed by atoms with Crippen LogP contribution >= 0.6 is 0 Å². The molecule has 4 nitrogen and oxygen atoms in total. The molecular formula is C9H17N3O. The van der Waals surface area contributed by atoms with E-state index < -0.39 is 0 Å². The Morgan fingerprint density at radius 2 is 2.08 bits per heavy atom. The second kappa shape index (κ2) is 5.56. The summed E-state index contributed by atoms with van der Waals surface area (Å²) in [5.74, 6) is 0.561. The fourth-order valence-electron chi connectivity index (χ4n) is 1.54. The van der Waals surface area contributed by atoms with E-state index in [0.717, 1.165) is 0 Å². The molecule has 0 saturated heterocycles. The molecule has 0 heterocycles. The van der Waals surface area contributed by atoms with Gasteiger partial charge in [-0.05, 0) is 18.8 Å². The number of carbonyl (C=O) groups is 1. The molecule has 1 saturated carbocycles. The molecule has 1 aliphatic rings. The average Bonchev–Trinajstić information content (AvgIpc) is 2.19. The maximum atomic E-state index is 10.7. The van der Waals surface area contributed by atoms with Crippen molar-refractivity contribution in [2.75, 3.05) is 7.05 Å². The summed E-state index contributed by atoms with van der Waals surface area (Å²) in [4.78, 5) is 10.7. The second-order valence-electron chi connectivity index (χ2n) is 3.37. The Morgan fingerprint density at radius 3 is 2.69 bits per heavy atom. The predicted octanol–water partition coefficient (Wildman–Crippen LogP) is 1.48. The van der Waals surface area contributed by atoms with Crippen molar-refractivity contribution in [3.63, 3.8) is 0 Å². The zero-order valence-corrected chi connectivity index (χ0v) is 8.05.